The van der Waals surface area contributed by atoms with Crippen LogP contribution in [0.15, 0.2) is 42.5 Å². The van der Waals surface area contributed by atoms with Crippen LogP contribution in [0.25, 0.3) is 0 Å². The van der Waals surface area contributed by atoms with Crippen molar-refractivity contribution < 1.29 is 36.6 Å². The number of benzene rings is 2. The van der Waals surface area contributed by atoms with Gasteiger partial charge in [0.05, 0.1) is 5.56 Å². The molecule has 0 aliphatic rings. The number of carbonyl (C=O) groups is 1. The molecule has 0 aliphatic carbocycles. The fourth-order valence-corrected chi connectivity index (χ4v) is 2.00. The third-order valence-electron chi connectivity index (χ3n) is 3.30. The number of ether oxygens (including phenoxy) is 1. The standard InChI is InChI=1S/C17H15F5N2O3/c18-13-5-2-6-14(19)15(13)24-16(26)23-8-11(25)9-27-12-4-1-3-10(7-12)17(20,21)22/h1-7,11,25H,8-9H2,(H2,23,24,26). The number of nitrogens with one attached hydrogen (secondary N) is 2. The zero-order valence-electron chi connectivity index (χ0n) is 13.7. The summed E-state index contributed by atoms with van der Waals surface area (Å²) in [5.74, 6) is -2.06. The summed E-state index contributed by atoms with van der Waals surface area (Å²) in [4.78, 5) is 11.6. The summed E-state index contributed by atoms with van der Waals surface area (Å²) < 4.78 is 69.7. The van der Waals surface area contributed by atoms with Crippen molar-refractivity contribution in [3.8, 4) is 5.75 Å². The summed E-state index contributed by atoms with van der Waals surface area (Å²) in [5, 5.41) is 13.8. The van der Waals surface area contributed by atoms with Crippen molar-refractivity contribution in [2.45, 2.75) is 12.3 Å². The second-order valence-electron chi connectivity index (χ2n) is 5.42. The number of aliphatic hydroxyl groups excluding tert-OH is 1. The van der Waals surface area contributed by atoms with E-state index in [0.717, 1.165) is 36.4 Å². The van der Waals surface area contributed by atoms with Crippen molar-refractivity contribution in [3.05, 3.63) is 59.7 Å². The molecule has 0 saturated heterocycles. The van der Waals surface area contributed by atoms with E-state index in [1.54, 1.807) is 0 Å². The van der Waals surface area contributed by atoms with Crippen LogP contribution in [0.5, 0.6) is 5.75 Å². The first-order valence-corrected chi connectivity index (χ1v) is 7.64. The van der Waals surface area contributed by atoms with Gasteiger partial charge in [0.1, 0.15) is 35.8 Å². The van der Waals surface area contributed by atoms with Crippen molar-refractivity contribution in [1.82, 2.24) is 5.32 Å². The minimum absolute atomic E-state index is 0.109. The van der Waals surface area contributed by atoms with Gasteiger partial charge in [0, 0.05) is 6.54 Å². The lowest BCUT2D eigenvalue weighted by Gasteiger charge is -2.15. The third kappa shape index (κ3) is 6.10. The van der Waals surface area contributed by atoms with Gasteiger partial charge in [-0.1, -0.05) is 12.1 Å². The van der Waals surface area contributed by atoms with Crippen molar-refractivity contribution in [2.24, 2.45) is 0 Å². The average molecular weight is 390 g/mol. The number of carbonyl (C=O) groups excluding carboxylic acids is 1. The summed E-state index contributed by atoms with van der Waals surface area (Å²) in [6, 6.07) is 6.14. The molecule has 27 heavy (non-hydrogen) atoms. The smallest absolute Gasteiger partial charge is 0.416 e. The highest BCUT2D eigenvalue weighted by Gasteiger charge is 2.30. The predicted molar refractivity (Wildman–Crippen MR) is 86.3 cm³/mol. The normalized spacial score (nSPS) is 12.4. The van der Waals surface area contributed by atoms with E-state index in [0.29, 0.717) is 0 Å². The molecule has 1 atom stereocenters. The van der Waals surface area contributed by atoms with E-state index in [4.69, 9.17) is 4.74 Å². The second kappa shape index (κ2) is 8.67. The molecule has 0 heterocycles. The molecular weight excluding hydrogens is 375 g/mol. The minimum atomic E-state index is -4.53. The SMILES string of the molecule is O=C(NCC(O)COc1cccc(C(F)(F)F)c1)Nc1c(F)cccc1F. The lowest BCUT2D eigenvalue weighted by atomic mass is 10.2. The zero-order chi connectivity index (χ0) is 20.0. The van der Waals surface area contributed by atoms with E-state index < -0.39 is 47.8 Å². The number of halogens is 5. The number of urea groups is 1. The number of para-hydroxylation sites is 1. The number of hydrogen-bond acceptors (Lipinski definition) is 3. The minimum Gasteiger partial charge on any atom is -0.491 e. The maximum Gasteiger partial charge on any atom is 0.416 e. The fraction of sp³-hybridized carbons (Fsp3) is 0.235. The van der Waals surface area contributed by atoms with E-state index in [9.17, 15) is 31.9 Å². The van der Waals surface area contributed by atoms with Crippen LogP contribution in [0.1, 0.15) is 5.56 Å². The Morgan fingerprint density at radius 3 is 2.37 bits per heavy atom. The Morgan fingerprint density at radius 1 is 1.11 bits per heavy atom. The van der Waals surface area contributed by atoms with E-state index in [2.05, 4.69) is 5.32 Å². The average Bonchev–Trinajstić information content (AvgIpc) is 2.61. The lowest BCUT2D eigenvalue weighted by molar-refractivity contribution is -0.137. The number of hydrogen-bond donors (Lipinski definition) is 3. The fourth-order valence-electron chi connectivity index (χ4n) is 2.00. The highest BCUT2D eigenvalue weighted by atomic mass is 19.4. The number of rotatable bonds is 6. The molecule has 2 amide bonds. The van der Waals surface area contributed by atoms with E-state index in [1.165, 1.54) is 6.07 Å². The molecule has 3 N–H and O–H groups in total. The van der Waals surface area contributed by atoms with Crippen LogP contribution in [0, 0.1) is 11.6 Å². The van der Waals surface area contributed by atoms with Crippen LogP contribution in [-0.2, 0) is 6.18 Å². The summed E-state index contributed by atoms with van der Waals surface area (Å²) in [6.07, 6.45) is -5.80. The summed E-state index contributed by atoms with van der Waals surface area (Å²) in [5.41, 5.74) is -1.55. The van der Waals surface area contributed by atoms with Crippen LogP contribution < -0.4 is 15.4 Å². The second-order valence-corrected chi connectivity index (χ2v) is 5.42. The highest BCUT2D eigenvalue weighted by molar-refractivity contribution is 5.89. The van der Waals surface area contributed by atoms with E-state index >= 15 is 0 Å². The molecule has 0 aromatic heterocycles. The van der Waals surface area contributed by atoms with Crippen molar-refractivity contribution in [1.29, 1.82) is 0 Å². The first kappa shape index (κ1) is 20.4. The highest BCUT2D eigenvalue weighted by Crippen LogP contribution is 2.31. The summed E-state index contributed by atoms with van der Waals surface area (Å²) in [6.45, 7) is -0.767. The van der Waals surface area contributed by atoms with Gasteiger partial charge in [-0.15, -0.1) is 0 Å². The lowest BCUT2D eigenvalue weighted by Crippen LogP contribution is -2.38. The van der Waals surface area contributed by atoms with Gasteiger partial charge in [-0.05, 0) is 30.3 Å². The number of amides is 2. The molecule has 0 bridgehead atoms. The van der Waals surface area contributed by atoms with Crippen LogP contribution in [0.4, 0.5) is 32.4 Å². The molecule has 2 aromatic carbocycles. The maximum absolute atomic E-state index is 13.4. The van der Waals surface area contributed by atoms with Crippen LogP contribution in [0.2, 0.25) is 0 Å². The van der Waals surface area contributed by atoms with Gasteiger partial charge >= 0.3 is 12.2 Å². The van der Waals surface area contributed by atoms with Crippen molar-refractivity contribution >= 4 is 11.7 Å². The number of alkyl halides is 3. The summed E-state index contributed by atoms with van der Waals surface area (Å²) >= 11 is 0. The van der Waals surface area contributed by atoms with Gasteiger partial charge in [0.25, 0.3) is 0 Å². The molecule has 5 nitrogen and oxygen atoms in total. The van der Waals surface area contributed by atoms with Crippen LogP contribution in [0.3, 0.4) is 0 Å². The van der Waals surface area contributed by atoms with Gasteiger partial charge in [0.2, 0.25) is 0 Å². The van der Waals surface area contributed by atoms with Gasteiger partial charge < -0.3 is 20.5 Å². The Bertz CT molecular complexity index is 778. The number of anilines is 1. The molecule has 0 spiro atoms. The Labute approximate surface area is 150 Å². The van der Waals surface area contributed by atoms with E-state index in [-0.39, 0.29) is 12.3 Å². The Morgan fingerprint density at radius 2 is 1.74 bits per heavy atom. The van der Waals surface area contributed by atoms with E-state index in [1.807, 2.05) is 5.32 Å². The third-order valence-corrected chi connectivity index (χ3v) is 3.30. The first-order valence-electron chi connectivity index (χ1n) is 7.64. The Hall–Kier alpha value is -2.88. The molecule has 0 radical (unpaired) electrons. The molecule has 146 valence electrons. The quantitative estimate of drug-likeness (QED) is 0.661. The molecule has 0 saturated carbocycles. The molecule has 2 rings (SSSR count). The largest absolute Gasteiger partial charge is 0.491 e. The molecular formula is C17H15F5N2O3. The zero-order valence-corrected chi connectivity index (χ0v) is 13.7. The Kier molecular flexibility index (Phi) is 6.56. The molecule has 2 aromatic rings. The van der Waals surface area contributed by atoms with Crippen molar-refractivity contribution in [3.63, 3.8) is 0 Å². The molecule has 10 heteroatoms. The number of aliphatic hydroxyl groups is 1. The topological polar surface area (TPSA) is 70.6 Å². The monoisotopic (exact) mass is 390 g/mol. The van der Waals surface area contributed by atoms with Crippen molar-refractivity contribution in [2.75, 3.05) is 18.5 Å². The van der Waals surface area contributed by atoms with Gasteiger partial charge in [-0.25, -0.2) is 13.6 Å². The van der Waals surface area contributed by atoms with Gasteiger partial charge in [-0.2, -0.15) is 13.2 Å². The predicted octanol–water partition coefficient (Wildman–Crippen LogP) is 3.55. The maximum atomic E-state index is 13.4. The summed E-state index contributed by atoms with van der Waals surface area (Å²) in [7, 11) is 0. The molecule has 1 unspecified atom stereocenters. The van der Waals surface area contributed by atoms with Crippen LogP contribution in [-0.4, -0.2) is 30.4 Å². The van der Waals surface area contributed by atoms with Gasteiger partial charge in [0.15, 0.2) is 0 Å². The first-order chi connectivity index (χ1) is 12.7. The molecule has 0 aliphatic heterocycles. The van der Waals surface area contributed by atoms with Gasteiger partial charge in [-0.3, -0.25) is 0 Å². The van der Waals surface area contributed by atoms with Crippen LogP contribution >= 0.6 is 0 Å². The Balaban J connectivity index is 1.81. The molecule has 0 fully saturated rings.